The van der Waals surface area contributed by atoms with E-state index >= 15 is 0 Å². The van der Waals surface area contributed by atoms with E-state index in [4.69, 9.17) is 5.11 Å². The predicted octanol–water partition coefficient (Wildman–Crippen LogP) is 2.04. The number of aliphatic hydroxyl groups is 1. The minimum absolute atomic E-state index is 0.00694. The lowest BCUT2D eigenvalue weighted by atomic mass is 10.00. The molecule has 0 aliphatic carbocycles. The van der Waals surface area contributed by atoms with Gasteiger partial charge in [-0.2, -0.15) is 13.2 Å². The summed E-state index contributed by atoms with van der Waals surface area (Å²) in [4.78, 5) is 0. The van der Waals surface area contributed by atoms with Gasteiger partial charge in [0, 0.05) is 5.56 Å². The Morgan fingerprint density at radius 3 is 2.50 bits per heavy atom. The third-order valence-electron chi connectivity index (χ3n) is 2.14. The zero-order valence-electron chi connectivity index (χ0n) is 6.95. The molecule has 1 aliphatic heterocycles. The Morgan fingerprint density at radius 1 is 1.21 bits per heavy atom. The van der Waals surface area contributed by atoms with Gasteiger partial charge in [-0.25, -0.2) is 0 Å². The van der Waals surface area contributed by atoms with Crippen LogP contribution in [0.5, 0.6) is 5.75 Å². The summed E-state index contributed by atoms with van der Waals surface area (Å²) in [6, 6.07) is 5.76. The summed E-state index contributed by atoms with van der Waals surface area (Å²) in [5.74, 6) is -1.83. The summed E-state index contributed by atoms with van der Waals surface area (Å²) >= 11 is 0. The topological polar surface area (TPSA) is 29.5 Å². The fourth-order valence-corrected chi connectivity index (χ4v) is 1.53. The molecular weight excluding hydrogens is 197 g/mol. The Kier molecular flexibility index (Phi) is 1.92. The first-order valence-corrected chi connectivity index (χ1v) is 4.00. The van der Waals surface area contributed by atoms with Gasteiger partial charge in [0.1, 0.15) is 11.7 Å². The van der Waals surface area contributed by atoms with E-state index in [1.807, 2.05) is 0 Å². The molecule has 0 bridgehead atoms. The van der Waals surface area contributed by atoms with Gasteiger partial charge in [0.15, 0.2) is 0 Å². The van der Waals surface area contributed by atoms with Gasteiger partial charge >= 0.3 is 6.18 Å². The van der Waals surface area contributed by atoms with Crippen LogP contribution in [0.1, 0.15) is 11.5 Å². The van der Waals surface area contributed by atoms with Gasteiger partial charge in [0.25, 0.3) is 0 Å². The van der Waals surface area contributed by atoms with Gasteiger partial charge in [0.2, 0.25) is 6.29 Å². The minimum Gasteiger partial charge on any atom is -0.464 e. The third-order valence-corrected chi connectivity index (χ3v) is 2.14. The first-order valence-electron chi connectivity index (χ1n) is 4.00. The molecule has 0 amide bonds. The molecule has 0 saturated carbocycles. The van der Waals surface area contributed by atoms with Crippen molar-refractivity contribution in [3.63, 3.8) is 0 Å². The molecule has 5 heteroatoms. The van der Waals surface area contributed by atoms with Crippen molar-refractivity contribution in [1.82, 2.24) is 0 Å². The zero-order chi connectivity index (χ0) is 10.3. The van der Waals surface area contributed by atoms with E-state index in [1.54, 1.807) is 6.07 Å². The van der Waals surface area contributed by atoms with E-state index in [-0.39, 0.29) is 11.3 Å². The molecule has 0 radical (unpaired) electrons. The molecule has 2 rings (SSSR count). The fourth-order valence-electron chi connectivity index (χ4n) is 1.53. The molecular formula is C9H7F3O2. The number of aliphatic hydroxyl groups excluding tert-OH is 1. The number of hydrogen-bond donors (Lipinski definition) is 1. The number of fused-ring (bicyclic) bond motifs is 1. The van der Waals surface area contributed by atoms with Crippen LogP contribution in [0.15, 0.2) is 24.3 Å². The minimum atomic E-state index is -4.48. The van der Waals surface area contributed by atoms with Crippen molar-refractivity contribution in [2.24, 2.45) is 0 Å². The van der Waals surface area contributed by atoms with E-state index in [0.29, 0.717) is 0 Å². The van der Waals surface area contributed by atoms with Crippen molar-refractivity contribution in [2.45, 2.75) is 18.4 Å². The van der Waals surface area contributed by atoms with Crippen LogP contribution in [0.4, 0.5) is 13.2 Å². The number of benzene rings is 1. The second-order valence-electron chi connectivity index (χ2n) is 3.07. The van der Waals surface area contributed by atoms with Crippen molar-refractivity contribution < 1.29 is 23.0 Å². The summed E-state index contributed by atoms with van der Waals surface area (Å²) in [6.45, 7) is 0. The summed E-state index contributed by atoms with van der Waals surface area (Å²) in [7, 11) is 0. The van der Waals surface area contributed by atoms with Gasteiger partial charge in [-0.1, -0.05) is 18.2 Å². The van der Waals surface area contributed by atoms with Gasteiger partial charge in [-0.3, -0.25) is 0 Å². The van der Waals surface area contributed by atoms with Crippen LogP contribution in [0.3, 0.4) is 0 Å². The van der Waals surface area contributed by atoms with Gasteiger partial charge < -0.3 is 9.84 Å². The average molecular weight is 204 g/mol. The smallest absolute Gasteiger partial charge is 0.401 e. The highest BCUT2D eigenvalue weighted by molar-refractivity contribution is 5.41. The Morgan fingerprint density at radius 2 is 1.86 bits per heavy atom. The van der Waals surface area contributed by atoms with E-state index < -0.39 is 18.4 Å². The van der Waals surface area contributed by atoms with Crippen LogP contribution in [0.25, 0.3) is 0 Å². The maximum atomic E-state index is 12.4. The normalized spacial score (nSPS) is 25.7. The molecule has 1 N–H and O–H groups in total. The second-order valence-corrected chi connectivity index (χ2v) is 3.07. The van der Waals surface area contributed by atoms with Crippen LogP contribution < -0.4 is 4.74 Å². The van der Waals surface area contributed by atoms with E-state index in [1.165, 1.54) is 18.2 Å². The second kappa shape index (κ2) is 2.88. The molecule has 1 aromatic rings. The summed E-state index contributed by atoms with van der Waals surface area (Å²) < 4.78 is 42.0. The molecule has 0 fully saturated rings. The van der Waals surface area contributed by atoms with Crippen LogP contribution in [-0.2, 0) is 0 Å². The van der Waals surface area contributed by atoms with Crippen molar-refractivity contribution in [3.05, 3.63) is 29.8 Å². The molecule has 0 spiro atoms. The summed E-state index contributed by atoms with van der Waals surface area (Å²) in [5, 5.41) is 9.10. The first-order chi connectivity index (χ1) is 6.50. The van der Waals surface area contributed by atoms with Crippen molar-refractivity contribution >= 4 is 0 Å². The predicted molar refractivity (Wildman–Crippen MR) is 41.9 cm³/mol. The lowest BCUT2D eigenvalue weighted by Gasteiger charge is -2.16. The lowest BCUT2D eigenvalue weighted by Crippen LogP contribution is -2.30. The first kappa shape index (κ1) is 9.33. The highest BCUT2D eigenvalue weighted by Crippen LogP contribution is 2.46. The highest BCUT2D eigenvalue weighted by atomic mass is 19.4. The monoisotopic (exact) mass is 204 g/mol. The zero-order valence-corrected chi connectivity index (χ0v) is 6.95. The molecule has 14 heavy (non-hydrogen) atoms. The van der Waals surface area contributed by atoms with Gasteiger partial charge in [-0.15, -0.1) is 0 Å². The molecule has 1 aromatic carbocycles. The van der Waals surface area contributed by atoms with E-state index in [9.17, 15) is 13.2 Å². The fraction of sp³-hybridized carbons (Fsp3) is 0.333. The Balaban J connectivity index is 2.45. The standard InChI is InChI=1S/C9H7F3O2/c10-9(11,12)7-5-3-1-2-4-6(5)14-8(7)13/h1-4,7-8,13H/t7-,8-/m1/s1. The molecule has 0 unspecified atom stereocenters. The number of hydrogen-bond acceptors (Lipinski definition) is 2. The van der Waals surface area contributed by atoms with Crippen molar-refractivity contribution in [1.29, 1.82) is 0 Å². The molecule has 2 nitrogen and oxygen atoms in total. The summed E-state index contributed by atoms with van der Waals surface area (Å²) in [5.41, 5.74) is -0.00694. The number of alkyl halides is 3. The quantitative estimate of drug-likeness (QED) is 0.700. The lowest BCUT2D eigenvalue weighted by molar-refractivity contribution is -0.191. The Labute approximate surface area is 77.9 Å². The van der Waals surface area contributed by atoms with Crippen LogP contribution >= 0.6 is 0 Å². The molecule has 2 atom stereocenters. The molecule has 0 saturated heterocycles. The average Bonchev–Trinajstić information content (AvgIpc) is 2.38. The number of ether oxygens (including phenoxy) is 1. The largest absolute Gasteiger partial charge is 0.464 e. The highest BCUT2D eigenvalue weighted by Gasteiger charge is 2.51. The molecule has 0 aromatic heterocycles. The van der Waals surface area contributed by atoms with Gasteiger partial charge in [-0.05, 0) is 6.07 Å². The van der Waals surface area contributed by atoms with Crippen LogP contribution in [0, 0.1) is 0 Å². The van der Waals surface area contributed by atoms with E-state index in [0.717, 1.165) is 0 Å². The van der Waals surface area contributed by atoms with Gasteiger partial charge in [0.05, 0.1) is 0 Å². The maximum absolute atomic E-state index is 12.4. The number of halogens is 3. The summed E-state index contributed by atoms with van der Waals surface area (Å²) in [6.07, 6.45) is -6.31. The van der Waals surface area contributed by atoms with Crippen LogP contribution in [-0.4, -0.2) is 17.6 Å². The SMILES string of the molecule is O[C@@H]1Oc2ccccc2[C@H]1C(F)(F)F. The number of rotatable bonds is 0. The third kappa shape index (κ3) is 1.33. The number of para-hydroxylation sites is 1. The van der Waals surface area contributed by atoms with Crippen molar-refractivity contribution in [2.75, 3.05) is 0 Å². The Hall–Kier alpha value is -1.23. The van der Waals surface area contributed by atoms with Crippen molar-refractivity contribution in [3.8, 4) is 5.75 Å². The molecule has 1 aliphatic rings. The molecule has 76 valence electrons. The Bertz CT molecular complexity index is 348. The van der Waals surface area contributed by atoms with Crippen LogP contribution in [0.2, 0.25) is 0 Å². The maximum Gasteiger partial charge on any atom is 0.401 e. The van der Waals surface area contributed by atoms with E-state index in [2.05, 4.69) is 4.74 Å². The molecule has 1 heterocycles.